The van der Waals surface area contributed by atoms with Gasteiger partial charge in [0.25, 0.3) is 0 Å². The van der Waals surface area contributed by atoms with Gasteiger partial charge in [-0.2, -0.15) is 5.26 Å². The normalized spacial score (nSPS) is 13.6. The van der Waals surface area contributed by atoms with Gasteiger partial charge in [0.1, 0.15) is 0 Å². The second-order valence-corrected chi connectivity index (χ2v) is 3.83. The Bertz CT molecular complexity index is 272. The number of hydrogen-bond donors (Lipinski definition) is 0. The highest BCUT2D eigenvalue weighted by Crippen LogP contribution is 2.25. The number of carbonyl (C=O) groups is 1. The highest BCUT2D eigenvalue weighted by Gasteiger charge is 2.21. The maximum Gasteiger partial charge on any atom is 0.305 e. The van der Waals surface area contributed by atoms with Crippen molar-refractivity contribution in [2.24, 2.45) is 5.41 Å². The van der Waals surface area contributed by atoms with Gasteiger partial charge in [-0.3, -0.25) is 4.79 Å². The number of allylic oxidation sites excluding steroid dienone is 2. The molecular weight excluding hydrogens is 178 g/mol. The lowest BCUT2D eigenvalue weighted by Gasteiger charge is -2.16. The zero-order valence-corrected chi connectivity index (χ0v) is 9.26. The number of hydrogen-bond acceptors (Lipinski definition) is 3. The molecule has 0 rings (SSSR count). The first-order valence-corrected chi connectivity index (χ1v) is 4.57. The van der Waals surface area contributed by atoms with E-state index >= 15 is 0 Å². The summed E-state index contributed by atoms with van der Waals surface area (Å²) >= 11 is 0. The number of nitrogens with zero attached hydrogens (tertiary/aromatic N) is 1. The van der Waals surface area contributed by atoms with Crippen LogP contribution in [0.2, 0.25) is 0 Å². The van der Waals surface area contributed by atoms with Gasteiger partial charge in [-0.25, -0.2) is 0 Å². The van der Waals surface area contributed by atoms with Crippen molar-refractivity contribution < 1.29 is 9.53 Å². The molecule has 3 heteroatoms. The standard InChI is InChI=1S/C11H17NO2/c1-9(2)7-11(3,8-12)6-5-10(13)14-4/h7H,5-6H2,1-4H3. The summed E-state index contributed by atoms with van der Waals surface area (Å²) in [5.74, 6) is -0.270. The molecule has 14 heavy (non-hydrogen) atoms. The maximum atomic E-state index is 10.9. The molecule has 78 valence electrons. The Kier molecular flexibility index (Phi) is 4.93. The first-order valence-electron chi connectivity index (χ1n) is 4.57. The van der Waals surface area contributed by atoms with E-state index in [9.17, 15) is 4.79 Å². The van der Waals surface area contributed by atoms with Crippen LogP contribution >= 0.6 is 0 Å². The molecule has 0 fully saturated rings. The summed E-state index contributed by atoms with van der Waals surface area (Å²) in [5, 5.41) is 8.97. The Morgan fingerprint density at radius 3 is 2.50 bits per heavy atom. The molecule has 0 saturated heterocycles. The van der Waals surface area contributed by atoms with E-state index in [2.05, 4.69) is 10.8 Å². The molecule has 0 aromatic heterocycles. The summed E-state index contributed by atoms with van der Waals surface area (Å²) in [5.41, 5.74) is 0.520. The lowest BCUT2D eigenvalue weighted by molar-refractivity contribution is -0.141. The predicted octanol–water partition coefficient (Wildman–Crippen LogP) is 2.44. The summed E-state index contributed by atoms with van der Waals surface area (Å²) < 4.78 is 4.53. The van der Waals surface area contributed by atoms with E-state index in [0.29, 0.717) is 6.42 Å². The summed E-state index contributed by atoms with van der Waals surface area (Å²) in [7, 11) is 1.35. The largest absolute Gasteiger partial charge is 0.469 e. The highest BCUT2D eigenvalue weighted by atomic mass is 16.5. The van der Waals surface area contributed by atoms with E-state index in [1.54, 1.807) is 0 Å². The fourth-order valence-corrected chi connectivity index (χ4v) is 1.26. The van der Waals surface area contributed by atoms with E-state index in [1.807, 2.05) is 26.8 Å². The molecule has 0 heterocycles. The van der Waals surface area contributed by atoms with E-state index < -0.39 is 5.41 Å². The van der Waals surface area contributed by atoms with Gasteiger partial charge in [-0.05, 0) is 27.2 Å². The zero-order valence-electron chi connectivity index (χ0n) is 9.26. The highest BCUT2D eigenvalue weighted by molar-refractivity contribution is 5.69. The van der Waals surface area contributed by atoms with Crippen molar-refractivity contribution in [3.8, 4) is 6.07 Å². The monoisotopic (exact) mass is 195 g/mol. The molecular formula is C11H17NO2. The van der Waals surface area contributed by atoms with E-state index in [4.69, 9.17) is 5.26 Å². The SMILES string of the molecule is COC(=O)CCC(C)(C#N)C=C(C)C. The van der Waals surface area contributed by atoms with Crippen LogP contribution in [0.4, 0.5) is 0 Å². The van der Waals surface area contributed by atoms with Crippen molar-refractivity contribution in [3.05, 3.63) is 11.6 Å². The molecule has 0 aliphatic rings. The molecule has 0 bridgehead atoms. The molecule has 1 atom stereocenters. The van der Waals surface area contributed by atoms with Gasteiger partial charge in [-0.15, -0.1) is 0 Å². The minimum absolute atomic E-state index is 0.270. The second-order valence-electron chi connectivity index (χ2n) is 3.83. The van der Waals surface area contributed by atoms with Gasteiger partial charge in [0.2, 0.25) is 0 Å². The lowest BCUT2D eigenvalue weighted by atomic mass is 9.85. The average Bonchev–Trinajstić information content (AvgIpc) is 2.13. The van der Waals surface area contributed by atoms with Crippen LogP contribution in [-0.4, -0.2) is 13.1 Å². The van der Waals surface area contributed by atoms with Gasteiger partial charge in [0.05, 0.1) is 18.6 Å². The van der Waals surface area contributed by atoms with Gasteiger partial charge in [0, 0.05) is 6.42 Å². The molecule has 0 aliphatic heterocycles. The van der Waals surface area contributed by atoms with Crippen LogP contribution in [0.1, 0.15) is 33.6 Å². The van der Waals surface area contributed by atoms with Crippen LogP contribution in [0.25, 0.3) is 0 Å². The zero-order chi connectivity index (χ0) is 11.2. The fraction of sp³-hybridized carbons (Fsp3) is 0.636. The molecule has 0 N–H and O–H groups in total. The third-order valence-corrected chi connectivity index (χ3v) is 1.94. The molecule has 0 amide bonds. The minimum atomic E-state index is -0.562. The second kappa shape index (κ2) is 5.43. The number of carbonyl (C=O) groups excluding carboxylic acids is 1. The number of nitriles is 1. The quantitative estimate of drug-likeness (QED) is 0.511. The predicted molar refractivity (Wildman–Crippen MR) is 54.4 cm³/mol. The Morgan fingerprint density at radius 1 is 1.57 bits per heavy atom. The van der Waals surface area contributed by atoms with Gasteiger partial charge < -0.3 is 4.74 Å². The van der Waals surface area contributed by atoms with E-state index in [1.165, 1.54) is 7.11 Å². The first kappa shape index (κ1) is 12.7. The number of rotatable bonds is 4. The van der Waals surface area contributed by atoms with E-state index in [0.717, 1.165) is 5.57 Å². The Labute approximate surface area is 85.4 Å². The Morgan fingerprint density at radius 2 is 2.14 bits per heavy atom. The van der Waals surface area contributed by atoms with Gasteiger partial charge in [0.15, 0.2) is 0 Å². The van der Waals surface area contributed by atoms with Crippen LogP contribution in [0, 0.1) is 16.7 Å². The molecule has 3 nitrogen and oxygen atoms in total. The molecule has 0 aromatic rings. The lowest BCUT2D eigenvalue weighted by Crippen LogP contribution is -2.14. The van der Waals surface area contributed by atoms with Crippen LogP contribution in [0.3, 0.4) is 0 Å². The first-order chi connectivity index (χ1) is 6.43. The van der Waals surface area contributed by atoms with Crippen LogP contribution in [0.5, 0.6) is 0 Å². The molecule has 1 unspecified atom stereocenters. The summed E-state index contributed by atoms with van der Waals surface area (Å²) in [6.07, 6.45) is 2.67. The van der Waals surface area contributed by atoms with Crippen molar-refractivity contribution in [1.29, 1.82) is 5.26 Å². The average molecular weight is 195 g/mol. The molecule has 0 saturated carbocycles. The summed E-state index contributed by atoms with van der Waals surface area (Å²) in [6.45, 7) is 5.70. The molecule has 0 aromatic carbocycles. The minimum Gasteiger partial charge on any atom is -0.469 e. The summed E-state index contributed by atoms with van der Waals surface area (Å²) in [4.78, 5) is 10.9. The third-order valence-electron chi connectivity index (χ3n) is 1.94. The fourth-order valence-electron chi connectivity index (χ4n) is 1.26. The topological polar surface area (TPSA) is 50.1 Å². The number of methoxy groups -OCH3 is 1. The van der Waals surface area contributed by atoms with E-state index in [-0.39, 0.29) is 12.4 Å². The number of esters is 1. The van der Waals surface area contributed by atoms with Crippen molar-refractivity contribution in [1.82, 2.24) is 0 Å². The Hall–Kier alpha value is -1.30. The number of ether oxygens (including phenoxy) is 1. The van der Waals surface area contributed by atoms with Crippen LogP contribution in [-0.2, 0) is 9.53 Å². The maximum absolute atomic E-state index is 10.9. The van der Waals surface area contributed by atoms with Crippen molar-refractivity contribution in [2.75, 3.05) is 7.11 Å². The van der Waals surface area contributed by atoms with Crippen LogP contribution < -0.4 is 0 Å². The van der Waals surface area contributed by atoms with Crippen molar-refractivity contribution in [3.63, 3.8) is 0 Å². The van der Waals surface area contributed by atoms with Gasteiger partial charge in [-0.1, -0.05) is 11.6 Å². The summed E-state index contributed by atoms with van der Waals surface area (Å²) in [6, 6.07) is 2.21. The smallest absolute Gasteiger partial charge is 0.305 e. The van der Waals surface area contributed by atoms with Crippen molar-refractivity contribution >= 4 is 5.97 Å². The molecule has 0 spiro atoms. The van der Waals surface area contributed by atoms with Crippen LogP contribution in [0.15, 0.2) is 11.6 Å². The molecule has 0 aliphatic carbocycles. The third kappa shape index (κ3) is 4.66. The van der Waals surface area contributed by atoms with Gasteiger partial charge >= 0.3 is 5.97 Å². The Balaban J connectivity index is 4.37. The van der Waals surface area contributed by atoms with Crippen molar-refractivity contribution in [2.45, 2.75) is 33.6 Å². The molecule has 0 radical (unpaired) electrons.